The van der Waals surface area contributed by atoms with Crippen molar-refractivity contribution >= 4 is 13.5 Å². The largest absolute Gasteiger partial charge is 0.350 e. The van der Waals surface area contributed by atoms with E-state index in [0.29, 0.717) is 17.9 Å². The monoisotopic (exact) mass is 320 g/mol. The van der Waals surface area contributed by atoms with E-state index in [9.17, 15) is 0 Å². The average Bonchev–Trinajstić information content (AvgIpc) is 2.44. The van der Waals surface area contributed by atoms with Gasteiger partial charge in [0, 0.05) is 10.5 Å². The summed E-state index contributed by atoms with van der Waals surface area (Å²) in [4.78, 5) is 0. The summed E-state index contributed by atoms with van der Waals surface area (Å²) in [6.07, 6.45) is 4.34. The fourth-order valence-electron chi connectivity index (χ4n) is 3.54. The molecule has 0 spiro atoms. The third-order valence-corrected chi connectivity index (χ3v) is 7.27. The van der Waals surface area contributed by atoms with Gasteiger partial charge in [-0.3, -0.25) is 0 Å². The van der Waals surface area contributed by atoms with Crippen LogP contribution < -0.4 is 5.30 Å². The highest BCUT2D eigenvalue weighted by molar-refractivity contribution is 7.62. The lowest BCUT2D eigenvalue weighted by molar-refractivity contribution is 0.0546. The van der Waals surface area contributed by atoms with Crippen LogP contribution in [-0.4, -0.2) is 11.3 Å². The summed E-state index contributed by atoms with van der Waals surface area (Å²) < 4.78 is 6.85. The minimum absolute atomic E-state index is 0.179. The normalized spacial score (nSPS) is 27.9. The van der Waals surface area contributed by atoms with Crippen LogP contribution in [0, 0.1) is 17.8 Å². The molecule has 124 valence electrons. The molecule has 0 radical (unpaired) electrons. The SMILES string of the molecule is CC(C)[C@@H]1CC[C@@H](C)C[C@H]1O[P@](c1ccccc1)C(C)(C)C. The first-order chi connectivity index (χ1) is 10.3. The molecule has 0 N–H and O–H groups in total. The van der Waals surface area contributed by atoms with Crippen LogP contribution in [0.25, 0.3) is 0 Å². The summed E-state index contributed by atoms with van der Waals surface area (Å²) in [5.74, 6) is 2.23. The van der Waals surface area contributed by atoms with Gasteiger partial charge in [-0.25, -0.2) is 0 Å². The van der Waals surface area contributed by atoms with Crippen LogP contribution >= 0.6 is 8.15 Å². The number of hydrogen-bond donors (Lipinski definition) is 0. The molecule has 4 atom stereocenters. The molecule has 0 aliphatic heterocycles. The van der Waals surface area contributed by atoms with Crippen LogP contribution in [0.15, 0.2) is 30.3 Å². The Hall–Kier alpha value is -0.390. The van der Waals surface area contributed by atoms with Crippen molar-refractivity contribution in [2.45, 2.75) is 72.1 Å². The number of benzene rings is 1. The second-order valence-electron chi connectivity index (χ2n) is 8.27. The molecule has 1 nitrogen and oxygen atoms in total. The molecule has 1 fully saturated rings. The third kappa shape index (κ3) is 4.56. The molecule has 0 heterocycles. The predicted molar refractivity (Wildman–Crippen MR) is 99.0 cm³/mol. The molecule has 1 aromatic rings. The van der Waals surface area contributed by atoms with Crippen molar-refractivity contribution in [1.82, 2.24) is 0 Å². The first-order valence-electron chi connectivity index (χ1n) is 8.81. The van der Waals surface area contributed by atoms with Gasteiger partial charge in [0.15, 0.2) is 0 Å². The van der Waals surface area contributed by atoms with E-state index >= 15 is 0 Å². The first kappa shape index (κ1) is 18.0. The van der Waals surface area contributed by atoms with Crippen molar-refractivity contribution in [2.75, 3.05) is 0 Å². The zero-order chi connectivity index (χ0) is 16.3. The quantitative estimate of drug-likeness (QED) is 0.620. The van der Waals surface area contributed by atoms with Crippen molar-refractivity contribution in [3.05, 3.63) is 30.3 Å². The van der Waals surface area contributed by atoms with Gasteiger partial charge in [0.1, 0.15) is 0 Å². The minimum atomic E-state index is -0.590. The van der Waals surface area contributed by atoms with Gasteiger partial charge in [0.25, 0.3) is 0 Å². The summed E-state index contributed by atoms with van der Waals surface area (Å²) in [6, 6.07) is 10.9. The van der Waals surface area contributed by atoms with E-state index in [2.05, 4.69) is 71.9 Å². The summed E-state index contributed by atoms with van der Waals surface area (Å²) >= 11 is 0. The predicted octanol–water partition coefficient (Wildman–Crippen LogP) is 5.98. The number of rotatable bonds is 4. The molecule has 0 unspecified atom stereocenters. The Morgan fingerprint density at radius 2 is 1.73 bits per heavy atom. The molecule has 1 aliphatic rings. The van der Waals surface area contributed by atoms with Crippen molar-refractivity contribution in [2.24, 2.45) is 17.8 Å². The standard InChI is InChI=1S/C20H33OP/c1-15(2)18-13-12-16(3)14-19(18)21-22(20(4,5)6)17-10-8-7-9-11-17/h7-11,15-16,18-19H,12-14H2,1-6H3/t16-,18+,19-,22-/m1/s1. The van der Waals surface area contributed by atoms with E-state index in [-0.39, 0.29) is 5.16 Å². The van der Waals surface area contributed by atoms with E-state index in [1.165, 1.54) is 24.6 Å². The topological polar surface area (TPSA) is 9.23 Å². The minimum Gasteiger partial charge on any atom is -0.350 e. The van der Waals surface area contributed by atoms with E-state index in [4.69, 9.17) is 4.52 Å². The zero-order valence-electron chi connectivity index (χ0n) is 15.2. The van der Waals surface area contributed by atoms with Crippen LogP contribution in [0.1, 0.15) is 60.8 Å². The van der Waals surface area contributed by atoms with Gasteiger partial charge in [-0.2, -0.15) is 0 Å². The molecular formula is C20H33OP. The summed E-state index contributed by atoms with van der Waals surface area (Å²) in [5.41, 5.74) is 0. The summed E-state index contributed by atoms with van der Waals surface area (Å²) in [5, 5.41) is 1.56. The molecule has 2 rings (SSSR count). The van der Waals surface area contributed by atoms with Crippen LogP contribution in [-0.2, 0) is 4.52 Å². The summed E-state index contributed by atoms with van der Waals surface area (Å²) in [7, 11) is -0.590. The zero-order valence-corrected chi connectivity index (χ0v) is 16.1. The molecule has 0 aromatic heterocycles. The third-order valence-electron chi connectivity index (χ3n) is 4.80. The lowest BCUT2D eigenvalue weighted by Crippen LogP contribution is -2.35. The first-order valence-corrected chi connectivity index (χ1v) is 10.1. The Balaban J connectivity index is 2.21. The Morgan fingerprint density at radius 3 is 2.27 bits per heavy atom. The van der Waals surface area contributed by atoms with Crippen LogP contribution in [0.3, 0.4) is 0 Å². The maximum atomic E-state index is 6.85. The Labute approximate surface area is 138 Å². The van der Waals surface area contributed by atoms with Crippen molar-refractivity contribution in [3.8, 4) is 0 Å². The van der Waals surface area contributed by atoms with Crippen molar-refractivity contribution in [1.29, 1.82) is 0 Å². The molecule has 2 heteroatoms. The molecule has 1 saturated carbocycles. The van der Waals surface area contributed by atoms with E-state index in [1.54, 1.807) is 0 Å². The van der Waals surface area contributed by atoms with Gasteiger partial charge < -0.3 is 4.52 Å². The smallest absolute Gasteiger partial charge is 0.0662 e. The highest BCUT2D eigenvalue weighted by Crippen LogP contribution is 2.53. The molecule has 1 aliphatic carbocycles. The highest BCUT2D eigenvalue weighted by Gasteiger charge is 2.36. The molecule has 0 bridgehead atoms. The fourth-order valence-corrected chi connectivity index (χ4v) is 5.71. The Bertz CT molecular complexity index is 449. The van der Waals surface area contributed by atoms with Gasteiger partial charge >= 0.3 is 0 Å². The maximum absolute atomic E-state index is 6.85. The molecular weight excluding hydrogens is 287 g/mol. The maximum Gasteiger partial charge on any atom is 0.0662 e. The van der Waals surface area contributed by atoms with Crippen molar-refractivity contribution < 1.29 is 4.52 Å². The van der Waals surface area contributed by atoms with Crippen LogP contribution in [0.4, 0.5) is 0 Å². The van der Waals surface area contributed by atoms with Gasteiger partial charge in [-0.1, -0.05) is 78.3 Å². The second kappa shape index (κ2) is 7.45. The van der Waals surface area contributed by atoms with Gasteiger partial charge in [0.2, 0.25) is 0 Å². The molecule has 1 aromatic carbocycles. The Kier molecular flexibility index (Phi) is 6.08. The molecule has 22 heavy (non-hydrogen) atoms. The summed E-state index contributed by atoms with van der Waals surface area (Å²) in [6.45, 7) is 14.1. The van der Waals surface area contributed by atoms with E-state index in [1.807, 2.05) is 0 Å². The van der Waals surface area contributed by atoms with Crippen molar-refractivity contribution in [3.63, 3.8) is 0 Å². The Morgan fingerprint density at radius 1 is 1.09 bits per heavy atom. The highest BCUT2D eigenvalue weighted by atomic mass is 31.1. The average molecular weight is 320 g/mol. The lowest BCUT2D eigenvalue weighted by Gasteiger charge is -2.42. The number of hydrogen-bond acceptors (Lipinski definition) is 1. The van der Waals surface area contributed by atoms with Crippen LogP contribution in [0.5, 0.6) is 0 Å². The van der Waals surface area contributed by atoms with Gasteiger partial charge in [-0.05, 0) is 30.6 Å². The van der Waals surface area contributed by atoms with E-state index in [0.717, 1.165) is 5.92 Å². The van der Waals surface area contributed by atoms with Crippen LogP contribution in [0.2, 0.25) is 0 Å². The van der Waals surface area contributed by atoms with Gasteiger partial charge in [0.05, 0.1) is 14.3 Å². The lowest BCUT2D eigenvalue weighted by atomic mass is 9.75. The molecule has 0 amide bonds. The second-order valence-corrected chi connectivity index (χ2v) is 10.9. The van der Waals surface area contributed by atoms with Gasteiger partial charge in [-0.15, -0.1) is 0 Å². The molecule has 0 saturated heterocycles. The van der Waals surface area contributed by atoms with E-state index < -0.39 is 8.15 Å². The fraction of sp³-hybridized carbons (Fsp3) is 0.700.